The van der Waals surface area contributed by atoms with Gasteiger partial charge in [-0.2, -0.15) is 0 Å². The molecule has 0 aliphatic carbocycles. The SMILES string of the molecule is O=C1CCC(=O)N1Cc1cc2nccc(-c3cc([C@@H](Cl)C4CCNCC4)cc4c3NCCC4)c2s1. The molecule has 6 rings (SSSR count). The van der Waals surface area contributed by atoms with Gasteiger partial charge in [-0.1, -0.05) is 6.07 Å². The number of nitrogens with one attached hydrogen (secondary N) is 2. The summed E-state index contributed by atoms with van der Waals surface area (Å²) in [7, 11) is 0. The molecule has 1 atom stereocenters. The lowest BCUT2D eigenvalue weighted by molar-refractivity contribution is -0.138. The Morgan fingerprint density at radius 3 is 2.66 bits per heavy atom. The molecule has 2 amide bonds. The van der Waals surface area contributed by atoms with Crippen molar-refractivity contribution in [3.8, 4) is 11.1 Å². The largest absolute Gasteiger partial charge is 0.384 e. The van der Waals surface area contributed by atoms with Crippen molar-refractivity contribution in [2.45, 2.75) is 50.4 Å². The zero-order valence-electron chi connectivity index (χ0n) is 19.6. The predicted molar refractivity (Wildman–Crippen MR) is 141 cm³/mol. The number of nitrogens with zero attached hydrogens (tertiary/aromatic N) is 2. The first-order valence-corrected chi connectivity index (χ1v) is 13.8. The van der Waals surface area contributed by atoms with Gasteiger partial charge in [-0.15, -0.1) is 22.9 Å². The molecule has 1 aromatic carbocycles. The monoisotopic (exact) mass is 508 g/mol. The molecule has 2 N–H and O–H groups in total. The van der Waals surface area contributed by atoms with Crippen molar-refractivity contribution in [2.24, 2.45) is 5.92 Å². The van der Waals surface area contributed by atoms with E-state index < -0.39 is 0 Å². The molecule has 2 aromatic heterocycles. The van der Waals surface area contributed by atoms with E-state index in [1.807, 2.05) is 12.3 Å². The summed E-state index contributed by atoms with van der Waals surface area (Å²) in [4.78, 5) is 31.3. The second kappa shape index (κ2) is 9.52. The molecule has 182 valence electrons. The third-order valence-corrected chi connectivity index (χ3v) is 9.26. The van der Waals surface area contributed by atoms with Gasteiger partial charge in [0, 0.05) is 47.3 Å². The Morgan fingerprint density at radius 2 is 1.86 bits per heavy atom. The van der Waals surface area contributed by atoms with Gasteiger partial charge in [-0.05, 0) is 74.0 Å². The summed E-state index contributed by atoms with van der Waals surface area (Å²) in [5, 5.41) is 7.08. The van der Waals surface area contributed by atoms with Crippen molar-refractivity contribution in [3.63, 3.8) is 0 Å². The molecule has 0 bridgehead atoms. The number of benzene rings is 1. The van der Waals surface area contributed by atoms with E-state index in [9.17, 15) is 9.59 Å². The van der Waals surface area contributed by atoms with Crippen LogP contribution in [0.25, 0.3) is 21.3 Å². The van der Waals surface area contributed by atoms with Gasteiger partial charge in [-0.25, -0.2) is 0 Å². The summed E-state index contributed by atoms with van der Waals surface area (Å²) in [6, 6.07) is 8.69. The molecule has 5 heterocycles. The number of halogens is 1. The highest BCUT2D eigenvalue weighted by Crippen LogP contribution is 2.44. The summed E-state index contributed by atoms with van der Waals surface area (Å²) in [5.41, 5.74) is 6.93. The highest BCUT2D eigenvalue weighted by Gasteiger charge is 2.30. The van der Waals surface area contributed by atoms with Gasteiger partial charge in [-0.3, -0.25) is 19.5 Å². The average Bonchev–Trinajstić information content (AvgIpc) is 3.46. The number of hydrogen-bond donors (Lipinski definition) is 2. The van der Waals surface area contributed by atoms with E-state index >= 15 is 0 Å². The highest BCUT2D eigenvalue weighted by atomic mass is 35.5. The fourth-order valence-electron chi connectivity index (χ4n) is 5.64. The summed E-state index contributed by atoms with van der Waals surface area (Å²) in [6.07, 6.45) is 6.84. The topological polar surface area (TPSA) is 74.3 Å². The van der Waals surface area contributed by atoms with Gasteiger partial charge < -0.3 is 10.6 Å². The lowest BCUT2D eigenvalue weighted by atomic mass is 9.86. The second-order valence-electron chi connectivity index (χ2n) is 9.78. The smallest absolute Gasteiger partial charge is 0.230 e. The molecule has 3 aromatic rings. The Kier molecular flexibility index (Phi) is 6.25. The number of fused-ring (bicyclic) bond motifs is 2. The number of likely N-dealkylation sites (tertiary alicyclic amines) is 1. The van der Waals surface area contributed by atoms with Gasteiger partial charge in [0.2, 0.25) is 11.8 Å². The third-order valence-electron chi connectivity index (χ3n) is 7.51. The van der Waals surface area contributed by atoms with E-state index in [0.29, 0.717) is 25.3 Å². The number of anilines is 1. The number of thiophene rings is 1. The Bertz CT molecular complexity index is 1280. The van der Waals surface area contributed by atoms with Crippen LogP contribution in [0.3, 0.4) is 0 Å². The Morgan fingerprint density at radius 1 is 1.06 bits per heavy atom. The van der Waals surface area contributed by atoms with E-state index in [-0.39, 0.29) is 17.2 Å². The van der Waals surface area contributed by atoms with Crippen molar-refractivity contribution in [1.82, 2.24) is 15.2 Å². The summed E-state index contributed by atoms with van der Waals surface area (Å²) < 4.78 is 1.08. The maximum Gasteiger partial charge on any atom is 0.230 e. The van der Waals surface area contributed by atoms with Crippen LogP contribution in [0.1, 0.15) is 53.5 Å². The van der Waals surface area contributed by atoms with Crippen molar-refractivity contribution >= 4 is 50.7 Å². The highest BCUT2D eigenvalue weighted by molar-refractivity contribution is 7.19. The average molecular weight is 509 g/mol. The van der Waals surface area contributed by atoms with Crippen LogP contribution in [0, 0.1) is 5.92 Å². The lowest BCUT2D eigenvalue weighted by Crippen LogP contribution is -2.29. The van der Waals surface area contributed by atoms with Crippen LogP contribution >= 0.6 is 22.9 Å². The minimum Gasteiger partial charge on any atom is -0.384 e. The molecule has 6 nitrogen and oxygen atoms in total. The molecule has 0 spiro atoms. The molecule has 0 unspecified atom stereocenters. The summed E-state index contributed by atoms with van der Waals surface area (Å²) in [6.45, 7) is 3.34. The standard InChI is InChI=1S/C27H29ClN4O2S/c28-25(16-5-9-29-10-6-16)18-12-17-2-1-8-31-26(17)21(13-18)20-7-11-30-22-14-19(35-27(20)22)15-32-23(33)3-4-24(32)34/h7,11-14,16,25,29,31H,1-6,8-10,15H2/t25-/m0/s1. The van der Waals surface area contributed by atoms with E-state index in [0.717, 1.165) is 66.0 Å². The minimum absolute atomic E-state index is 0.00788. The first-order chi connectivity index (χ1) is 17.1. The number of alkyl halides is 1. The fraction of sp³-hybridized carbons (Fsp3) is 0.444. The number of aryl methyl sites for hydroxylation is 1. The quantitative estimate of drug-likeness (QED) is 0.363. The van der Waals surface area contributed by atoms with Crippen molar-refractivity contribution in [2.75, 3.05) is 25.0 Å². The molecule has 0 radical (unpaired) electrons. The van der Waals surface area contributed by atoms with Crippen LogP contribution in [0.5, 0.6) is 0 Å². The van der Waals surface area contributed by atoms with E-state index in [1.54, 1.807) is 11.3 Å². The molecule has 3 aliphatic heterocycles. The number of imide groups is 1. The fourth-order valence-corrected chi connectivity index (χ4v) is 7.15. The molecule has 2 saturated heterocycles. The van der Waals surface area contributed by atoms with E-state index in [4.69, 9.17) is 11.6 Å². The van der Waals surface area contributed by atoms with Crippen molar-refractivity contribution in [1.29, 1.82) is 0 Å². The molecule has 0 saturated carbocycles. The third kappa shape index (κ3) is 4.34. The number of pyridine rings is 1. The van der Waals surface area contributed by atoms with Gasteiger partial charge in [0.1, 0.15) is 0 Å². The number of piperidine rings is 1. The lowest BCUT2D eigenvalue weighted by Gasteiger charge is -2.29. The Hall–Kier alpha value is -2.48. The molecule has 35 heavy (non-hydrogen) atoms. The predicted octanol–water partition coefficient (Wildman–Crippen LogP) is 5.25. The maximum atomic E-state index is 12.2. The van der Waals surface area contributed by atoms with Gasteiger partial charge in [0.25, 0.3) is 0 Å². The number of aromatic nitrogens is 1. The summed E-state index contributed by atoms with van der Waals surface area (Å²) in [5.74, 6) is 0.303. The minimum atomic E-state index is -0.0855. The van der Waals surface area contributed by atoms with Crippen LogP contribution < -0.4 is 10.6 Å². The van der Waals surface area contributed by atoms with Crippen LogP contribution in [-0.4, -0.2) is 41.3 Å². The normalized spacial score (nSPS) is 19.7. The zero-order valence-corrected chi connectivity index (χ0v) is 21.2. The van der Waals surface area contributed by atoms with Crippen molar-refractivity contribution < 1.29 is 9.59 Å². The number of carbonyl (C=O) groups excluding carboxylic acids is 2. The number of hydrogen-bond acceptors (Lipinski definition) is 6. The number of rotatable bonds is 5. The first kappa shape index (κ1) is 23.0. The second-order valence-corrected chi connectivity index (χ2v) is 11.4. The molecule has 2 fully saturated rings. The van der Waals surface area contributed by atoms with Crippen LogP contribution in [0.4, 0.5) is 5.69 Å². The Balaban J connectivity index is 1.42. The van der Waals surface area contributed by atoms with Crippen LogP contribution in [-0.2, 0) is 22.6 Å². The number of amides is 2. The first-order valence-electron chi connectivity index (χ1n) is 12.5. The van der Waals surface area contributed by atoms with Crippen LogP contribution in [0.15, 0.2) is 30.5 Å². The molecular weight excluding hydrogens is 480 g/mol. The van der Waals surface area contributed by atoms with Gasteiger partial charge >= 0.3 is 0 Å². The van der Waals surface area contributed by atoms with Crippen molar-refractivity contribution in [3.05, 3.63) is 46.5 Å². The van der Waals surface area contributed by atoms with E-state index in [2.05, 4.69) is 33.8 Å². The maximum absolute atomic E-state index is 12.2. The zero-order chi connectivity index (χ0) is 23.9. The van der Waals surface area contributed by atoms with Gasteiger partial charge in [0.15, 0.2) is 0 Å². The molecular formula is C27H29ClN4O2S. The molecule has 3 aliphatic rings. The molecule has 8 heteroatoms. The summed E-state index contributed by atoms with van der Waals surface area (Å²) >= 11 is 8.73. The van der Waals surface area contributed by atoms with E-state index in [1.165, 1.54) is 27.3 Å². The number of carbonyl (C=O) groups is 2. The Labute approximate surface area is 214 Å². The van der Waals surface area contributed by atoms with Crippen LogP contribution in [0.2, 0.25) is 0 Å². The van der Waals surface area contributed by atoms with Gasteiger partial charge in [0.05, 0.1) is 22.1 Å².